The van der Waals surface area contributed by atoms with Gasteiger partial charge in [-0.25, -0.2) is 4.79 Å². The molecule has 1 atom stereocenters. The first-order chi connectivity index (χ1) is 8.54. The number of ether oxygens (including phenoxy) is 1. The number of hydrogen-bond donors (Lipinski definition) is 1. The second-order valence-corrected chi connectivity index (χ2v) is 4.89. The van der Waals surface area contributed by atoms with Gasteiger partial charge in [-0.05, 0) is 43.5 Å². The Morgan fingerprint density at radius 3 is 2.33 bits per heavy atom. The Morgan fingerprint density at radius 1 is 1.22 bits per heavy atom. The minimum atomic E-state index is -0.250. The molecule has 1 unspecified atom stereocenters. The highest BCUT2D eigenvalue weighted by Gasteiger charge is 2.08. The third-order valence-electron chi connectivity index (χ3n) is 2.95. The summed E-state index contributed by atoms with van der Waals surface area (Å²) in [6, 6.07) is 7.84. The minimum Gasteiger partial charge on any atom is -0.462 e. The number of esters is 1. The zero-order valence-electron chi connectivity index (χ0n) is 11.7. The molecule has 0 aliphatic carbocycles. The van der Waals surface area contributed by atoms with E-state index in [0.717, 1.165) is 12.1 Å². The first-order valence-corrected chi connectivity index (χ1v) is 6.58. The summed E-state index contributed by atoms with van der Waals surface area (Å²) in [7, 11) is 0. The second kappa shape index (κ2) is 7.04. The molecule has 0 spiro atoms. The quantitative estimate of drug-likeness (QED) is 0.781. The molecule has 3 heteroatoms. The third-order valence-corrected chi connectivity index (χ3v) is 2.95. The van der Waals surface area contributed by atoms with E-state index in [2.05, 4.69) is 26.1 Å². The number of rotatable bonds is 6. The molecule has 1 aromatic rings. The van der Waals surface area contributed by atoms with Gasteiger partial charge < -0.3 is 10.1 Å². The standard InChI is InChI=1S/C15H23NO2/c1-5-10-18-15(17)13-6-8-14(9-7-13)16-12(4)11(2)3/h6-9,11-12,16H,5,10H2,1-4H3. The second-order valence-electron chi connectivity index (χ2n) is 4.89. The minimum absolute atomic E-state index is 0.250. The summed E-state index contributed by atoms with van der Waals surface area (Å²) in [4.78, 5) is 11.6. The van der Waals surface area contributed by atoms with Crippen LogP contribution in [0.15, 0.2) is 24.3 Å². The van der Waals surface area contributed by atoms with E-state index >= 15 is 0 Å². The van der Waals surface area contributed by atoms with Gasteiger partial charge in [0, 0.05) is 11.7 Å². The molecule has 0 bridgehead atoms. The van der Waals surface area contributed by atoms with Crippen molar-refractivity contribution in [1.29, 1.82) is 0 Å². The lowest BCUT2D eigenvalue weighted by Crippen LogP contribution is -2.21. The summed E-state index contributed by atoms with van der Waals surface area (Å²) in [6.07, 6.45) is 0.845. The first-order valence-electron chi connectivity index (χ1n) is 6.58. The maximum absolute atomic E-state index is 11.6. The van der Waals surface area contributed by atoms with Crippen molar-refractivity contribution in [3.63, 3.8) is 0 Å². The third kappa shape index (κ3) is 4.40. The maximum atomic E-state index is 11.6. The number of anilines is 1. The largest absolute Gasteiger partial charge is 0.462 e. The average Bonchev–Trinajstić information content (AvgIpc) is 2.36. The maximum Gasteiger partial charge on any atom is 0.338 e. The predicted molar refractivity (Wildman–Crippen MR) is 74.9 cm³/mol. The highest BCUT2D eigenvalue weighted by molar-refractivity contribution is 5.89. The molecule has 0 fully saturated rings. The van der Waals surface area contributed by atoms with Crippen LogP contribution in [0.25, 0.3) is 0 Å². The van der Waals surface area contributed by atoms with Crippen molar-refractivity contribution < 1.29 is 9.53 Å². The van der Waals surface area contributed by atoms with Crippen LogP contribution in [0.1, 0.15) is 44.5 Å². The van der Waals surface area contributed by atoms with Gasteiger partial charge >= 0.3 is 5.97 Å². The van der Waals surface area contributed by atoms with Crippen molar-refractivity contribution in [1.82, 2.24) is 0 Å². The van der Waals surface area contributed by atoms with Gasteiger partial charge in [-0.2, -0.15) is 0 Å². The van der Waals surface area contributed by atoms with Crippen LogP contribution in [0.5, 0.6) is 0 Å². The molecular formula is C15H23NO2. The smallest absolute Gasteiger partial charge is 0.338 e. The van der Waals surface area contributed by atoms with Crippen LogP contribution < -0.4 is 5.32 Å². The van der Waals surface area contributed by atoms with Gasteiger partial charge in [0.2, 0.25) is 0 Å². The molecule has 1 N–H and O–H groups in total. The predicted octanol–water partition coefficient (Wildman–Crippen LogP) is 3.71. The SMILES string of the molecule is CCCOC(=O)c1ccc(NC(C)C(C)C)cc1. The van der Waals surface area contributed by atoms with Gasteiger partial charge in [0.1, 0.15) is 0 Å². The Kier molecular flexibility index (Phi) is 5.69. The fraction of sp³-hybridized carbons (Fsp3) is 0.533. The van der Waals surface area contributed by atoms with Crippen molar-refractivity contribution in [3.8, 4) is 0 Å². The van der Waals surface area contributed by atoms with Crippen LogP contribution in [0, 0.1) is 5.92 Å². The fourth-order valence-electron chi connectivity index (χ4n) is 1.41. The number of benzene rings is 1. The monoisotopic (exact) mass is 249 g/mol. The topological polar surface area (TPSA) is 38.3 Å². The summed E-state index contributed by atoms with van der Waals surface area (Å²) in [5.74, 6) is 0.319. The van der Waals surface area contributed by atoms with Crippen molar-refractivity contribution in [2.24, 2.45) is 5.92 Å². The zero-order valence-corrected chi connectivity index (χ0v) is 11.7. The molecule has 18 heavy (non-hydrogen) atoms. The Labute approximate surface area is 110 Å². The van der Waals surface area contributed by atoms with Gasteiger partial charge in [0.05, 0.1) is 12.2 Å². The van der Waals surface area contributed by atoms with Crippen molar-refractivity contribution in [3.05, 3.63) is 29.8 Å². The van der Waals surface area contributed by atoms with E-state index in [1.807, 2.05) is 19.1 Å². The van der Waals surface area contributed by atoms with Crippen LogP contribution in [0.3, 0.4) is 0 Å². The lowest BCUT2D eigenvalue weighted by molar-refractivity contribution is 0.0505. The van der Waals surface area contributed by atoms with E-state index in [1.54, 1.807) is 12.1 Å². The highest BCUT2D eigenvalue weighted by atomic mass is 16.5. The summed E-state index contributed by atoms with van der Waals surface area (Å²) in [5, 5.41) is 3.40. The van der Waals surface area contributed by atoms with Crippen molar-refractivity contribution >= 4 is 11.7 Å². The molecule has 0 aromatic heterocycles. The zero-order chi connectivity index (χ0) is 13.5. The van der Waals surface area contributed by atoms with Gasteiger partial charge in [0.25, 0.3) is 0 Å². The Bertz CT molecular complexity index is 371. The molecule has 100 valence electrons. The first kappa shape index (κ1) is 14.6. The molecule has 0 aliphatic heterocycles. The van der Waals surface area contributed by atoms with E-state index in [1.165, 1.54) is 0 Å². The van der Waals surface area contributed by atoms with Gasteiger partial charge in [0.15, 0.2) is 0 Å². The Hall–Kier alpha value is -1.51. The molecule has 0 saturated heterocycles. The molecule has 0 saturated carbocycles. The molecule has 0 amide bonds. The van der Waals surface area contributed by atoms with Gasteiger partial charge in [-0.1, -0.05) is 20.8 Å². The molecule has 0 radical (unpaired) electrons. The number of nitrogens with one attached hydrogen (secondary N) is 1. The normalized spacial score (nSPS) is 12.3. The average molecular weight is 249 g/mol. The molecule has 0 heterocycles. The van der Waals surface area contributed by atoms with Crippen LogP contribution in [-0.2, 0) is 4.74 Å². The van der Waals surface area contributed by atoms with Crippen molar-refractivity contribution in [2.45, 2.75) is 40.2 Å². The van der Waals surface area contributed by atoms with E-state index in [9.17, 15) is 4.79 Å². The van der Waals surface area contributed by atoms with Crippen molar-refractivity contribution in [2.75, 3.05) is 11.9 Å². The van der Waals surface area contributed by atoms with E-state index in [0.29, 0.717) is 24.1 Å². The highest BCUT2D eigenvalue weighted by Crippen LogP contribution is 2.14. The fourth-order valence-corrected chi connectivity index (χ4v) is 1.41. The summed E-state index contributed by atoms with van der Waals surface area (Å²) < 4.78 is 5.08. The molecule has 1 aromatic carbocycles. The Balaban J connectivity index is 2.59. The lowest BCUT2D eigenvalue weighted by atomic mass is 10.1. The van der Waals surface area contributed by atoms with E-state index in [-0.39, 0.29) is 5.97 Å². The Morgan fingerprint density at radius 2 is 1.83 bits per heavy atom. The van der Waals surface area contributed by atoms with Gasteiger partial charge in [-0.15, -0.1) is 0 Å². The van der Waals surface area contributed by atoms with E-state index in [4.69, 9.17) is 4.74 Å². The summed E-state index contributed by atoms with van der Waals surface area (Å²) in [5.41, 5.74) is 1.63. The van der Waals surface area contributed by atoms with Crippen LogP contribution in [0.4, 0.5) is 5.69 Å². The van der Waals surface area contributed by atoms with E-state index < -0.39 is 0 Å². The number of carbonyl (C=O) groups excluding carboxylic acids is 1. The summed E-state index contributed by atoms with van der Waals surface area (Å²) in [6.45, 7) is 8.95. The summed E-state index contributed by atoms with van der Waals surface area (Å²) >= 11 is 0. The van der Waals surface area contributed by atoms with Crippen LogP contribution in [0.2, 0.25) is 0 Å². The molecular weight excluding hydrogens is 226 g/mol. The van der Waals surface area contributed by atoms with Crippen LogP contribution in [-0.4, -0.2) is 18.6 Å². The van der Waals surface area contributed by atoms with Crippen LogP contribution >= 0.6 is 0 Å². The van der Waals surface area contributed by atoms with Gasteiger partial charge in [-0.3, -0.25) is 0 Å². The lowest BCUT2D eigenvalue weighted by Gasteiger charge is -2.18. The molecule has 1 rings (SSSR count). The molecule has 0 aliphatic rings. The molecule has 3 nitrogen and oxygen atoms in total. The number of hydrogen-bond acceptors (Lipinski definition) is 3. The number of carbonyl (C=O) groups is 1.